The molecule has 0 radical (unpaired) electrons. The highest BCUT2D eigenvalue weighted by Crippen LogP contribution is 2.81. The second-order valence-corrected chi connectivity index (χ2v) is 6.87. The minimum absolute atomic E-state index is 0.653. The average Bonchev–Trinajstić information content (AvgIpc) is 2.67. The van der Waals surface area contributed by atoms with E-state index in [4.69, 9.17) is 17.3 Å². The van der Waals surface area contributed by atoms with E-state index in [1.165, 1.54) is 36.9 Å². The van der Waals surface area contributed by atoms with Gasteiger partial charge in [0.2, 0.25) is 0 Å². The smallest absolute Gasteiger partial charge is 0.0704 e. The molecule has 3 heteroatoms. The van der Waals surface area contributed by atoms with Gasteiger partial charge in [0.05, 0.1) is 16.9 Å². The zero-order chi connectivity index (χ0) is 11.4. The largest absolute Gasteiger partial charge is 0.396 e. The molecular weight excluding hydrogens is 232 g/mol. The van der Waals surface area contributed by atoms with Crippen LogP contribution in [0.15, 0.2) is 6.20 Å². The molecule has 5 unspecified atom stereocenters. The van der Waals surface area contributed by atoms with Crippen molar-refractivity contribution < 1.29 is 0 Å². The fraction of sp³-hybridized carbons (Fsp3) is 0.643. The Morgan fingerprint density at radius 2 is 2.12 bits per heavy atom. The number of aromatic nitrogens is 1. The molecule has 2 nitrogen and oxygen atoms in total. The molecule has 0 amide bonds. The van der Waals surface area contributed by atoms with Crippen LogP contribution in [0.4, 0.5) is 5.69 Å². The molecule has 1 aromatic rings. The lowest BCUT2D eigenvalue weighted by Crippen LogP contribution is -2.59. The lowest BCUT2D eigenvalue weighted by atomic mass is 9.37. The molecule has 2 N–H and O–H groups in total. The van der Waals surface area contributed by atoms with Crippen molar-refractivity contribution >= 4 is 17.3 Å². The summed E-state index contributed by atoms with van der Waals surface area (Å²) in [7, 11) is 0. The third kappa shape index (κ3) is 0.761. The number of pyridine rings is 1. The van der Waals surface area contributed by atoms with Crippen LogP contribution in [0.1, 0.15) is 48.8 Å². The number of hydrogen-bond acceptors (Lipinski definition) is 2. The highest BCUT2D eigenvalue weighted by atomic mass is 35.5. The second-order valence-electron chi connectivity index (χ2n) is 6.49. The SMILES string of the molecule is Nc1cnc2c(c1Cl)C1CC3CC4CC2C34C1. The van der Waals surface area contributed by atoms with Gasteiger partial charge in [-0.2, -0.15) is 0 Å². The Balaban J connectivity index is 1.79. The van der Waals surface area contributed by atoms with E-state index in [9.17, 15) is 0 Å². The van der Waals surface area contributed by atoms with Gasteiger partial charge in [0.1, 0.15) is 0 Å². The van der Waals surface area contributed by atoms with E-state index >= 15 is 0 Å². The second kappa shape index (κ2) is 2.49. The lowest BCUT2D eigenvalue weighted by molar-refractivity contribution is -0.147. The van der Waals surface area contributed by atoms with Crippen LogP contribution in [0, 0.1) is 17.3 Å². The van der Waals surface area contributed by atoms with Crippen molar-refractivity contribution in [1.29, 1.82) is 0 Å². The van der Waals surface area contributed by atoms with E-state index in [2.05, 4.69) is 4.98 Å². The van der Waals surface area contributed by atoms with Crippen LogP contribution in [0.25, 0.3) is 0 Å². The summed E-state index contributed by atoms with van der Waals surface area (Å²) in [5.74, 6) is 3.33. The lowest BCUT2D eigenvalue weighted by Gasteiger charge is -2.67. The van der Waals surface area contributed by atoms with Crippen LogP contribution in [0.5, 0.6) is 0 Å². The van der Waals surface area contributed by atoms with Crippen molar-refractivity contribution in [3.8, 4) is 0 Å². The topological polar surface area (TPSA) is 38.9 Å². The molecule has 1 spiro atoms. The van der Waals surface area contributed by atoms with E-state index in [0.717, 1.165) is 16.9 Å². The molecule has 4 aliphatic carbocycles. The van der Waals surface area contributed by atoms with Crippen LogP contribution in [0.3, 0.4) is 0 Å². The van der Waals surface area contributed by atoms with E-state index in [-0.39, 0.29) is 0 Å². The number of halogens is 1. The maximum absolute atomic E-state index is 6.43. The van der Waals surface area contributed by atoms with Gasteiger partial charge in [-0.05, 0) is 54.4 Å². The molecule has 3 saturated carbocycles. The molecule has 0 aliphatic heterocycles. The number of nitrogens with zero attached hydrogens (tertiary/aromatic N) is 1. The maximum Gasteiger partial charge on any atom is 0.0704 e. The minimum Gasteiger partial charge on any atom is -0.396 e. The predicted octanol–water partition coefficient (Wildman–Crippen LogP) is 3.32. The molecule has 88 valence electrons. The Kier molecular flexibility index (Phi) is 1.35. The molecule has 1 heterocycles. The minimum atomic E-state index is 0.653. The fourth-order valence-corrected chi connectivity index (χ4v) is 5.91. The highest BCUT2D eigenvalue weighted by Gasteiger charge is 2.72. The first-order chi connectivity index (χ1) is 8.22. The Bertz CT molecular complexity index is 555. The summed E-state index contributed by atoms with van der Waals surface area (Å²) < 4.78 is 0. The summed E-state index contributed by atoms with van der Waals surface area (Å²) in [4.78, 5) is 4.64. The monoisotopic (exact) mass is 246 g/mol. The standard InChI is InChI=1S/C14H15ClN2/c15-12-10(16)5-17-13-9-3-8-2-7-1-6(11(12)13)4-14(7,8)9/h5-9H,1-4,16H2. The van der Waals surface area contributed by atoms with E-state index in [0.29, 0.717) is 22.9 Å². The molecule has 2 bridgehead atoms. The normalized spacial score (nSPS) is 47.8. The van der Waals surface area contributed by atoms with E-state index in [1.807, 2.05) is 0 Å². The van der Waals surface area contributed by atoms with Gasteiger partial charge < -0.3 is 5.73 Å². The number of anilines is 1. The highest BCUT2D eigenvalue weighted by molar-refractivity contribution is 6.34. The molecule has 3 fully saturated rings. The number of rotatable bonds is 0. The molecular formula is C14H15ClN2. The summed E-state index contributed by atoms with van der Waals surface area (Å²) in [5.41, 5.74) is 9.86. The quantitative estimate of drug-likeness (QED) is 0.763. The van der Waals surface area contributed by atoms with Crippen LogP contribution in [-0.4, -0.2) is 4.98 Å². The van der Waals surface area contributed by atoms with E-state index in [1.54, 1.807) is 6.20 Å². The van der Waals surface area contributed by atoms with Crippen LogP contribution in [-0.2, 0) is 0 Å². The Hall–Kier alpha value is -0.760. The van der Waals surface area contributed by atoms with Gasteiger partial charge in [-0.1, -0.05) is 11.6 Å². The average molecular weight is 247 g/mol. The summed E-state index contributed by atoms with van der Waals surface area (Å²) >= 11 is 6.43. The third-order valence-corrected chi connectivity index (χ3v) is 6.70. The summed E-state index contributed by atoms with van der Waals surface area (Å²) in [6.45, 7) is 0. The van der Waals surface area contributed by atoms with Crippen molar-refractivity contribution in [2.75, 3.05) is 5.73 Å². The van der Waals surface area contributed by atoms with Gasteiger partial charge in [-0.25, -0.2) is 0 Å². The van der Waals surface area contributed by atoms with Crippen molar-refractivity contribution in [3.63, 3.8) is 0 Å². The molecule has 4 aliphatic rings. The molecule has 5 rings (SSSR count). The number of nitrogens with two attached hydrogens (primary N) is 1. The molecule has 5 atom stereocenters. The van der Waals surface area contributed by atoms with Crippen molar-refractivity contribution in [2.45, 2.75) is 37.5 Å². The first-order valence-corrected chi connectivity index (χ1v) is 7.03. The zero-order valence-corrected chi connectivity index (χ0v) is 10.4. The fourth-order valence-electron chi connectivity index (χ4n) is 5.61. The van der Waals surface area contributed by atoms with Crippen LogP contribution in [0.2, 0.25) is 5.02 Å². The van der Waals surface area contributed by atoms with Crippen LogP contribution < -0.4 is 5.73 Å². The Labute approximate surface area is 106 Å². The number of hydrogen-bond donors (Lipinski definition) is 1. The van der Waals surface area contributed by atoms with Gasteiger partial charge in [0.25, 0.3) is 0 Å². The van der Waals surface area contributed by atoms with Crippen molar-refractivity contribution in [3.05, 3.63) is 22.5 Å². The zero-order valence-electron chi connectivity index (χ0n) is 9.62. The molecule has 0 aromatic carbocycles. The predicted molar refractivity (Wildman–Crippen MR) is 67.0 cm³/mol. The summed E-state index contributed by atoms with van der Waals surface area (Å²) in [6, 6.07) is 0. The van der Waals surface area contributed by atoms with Crippen molar-refractivity contribution in [1.82, 2.24) is 4.98 Å². The van der Waals surface area contributed by atoms with Gasteiger partial charge in [0, 0.05) is 11.6 Å². The van der Waals surface area contributed by atoms with Gasteiger partial charge in [0.15, 0.2) is 0 Å². The summed E-state index contributed by atoms with van der Waals surface area (Å²) in [5, 5.41) is 0.805. The molecule has 17 heavy (non-hydrogen) atoms. The molecule has 1 aromatic heterocycles. The third-order valence-electron chi connectivity index (χ3n) is 6.27. The maximum atomic E-state index is 6.43. The Morgan fingerprint density at radius 3 is 2.94 bits per heavy atom. The van der Waals surface area contributed by atoms with Crippen molar-refractivity contribution in [2.24, 2.45) is 17.3 Å². The first-order valence-electron chi connectivity index (χ1n) is 6.65. The number of nitrogen functional groups attached to an aromatic ring is 1. The summed E-state index contributed by atoms with van der Waals surface area (Å²) in [6.07, 6.45) is 7.29. The van der Waals surface area contributed by atoms with Gasteiger partial charge in [-0.3, -0.25) is 4.98 Å². The number of fused-ring (bicyclic) bond motifs is 4. The van der Waals surface area contributed by atoms with Gasteiger partial charge in [-0.15, -0.1) is 0 Å². The first kappa shape index (κ1) is 9.21. The van der Waals surface area contributed by atoms with E-state index < -0.39 is 0 Å². The van der Waals surface area contributed by atoms with Gasteiger partial charge >= 0.3 is 0 Å². The molecule has 0 saturated heterocycles. The Morgan fingerprint density at radius 1 is 1.29 bits per heavy atom. The van der Waals surface area contributed by atoms with Crippen LogP contribution >= 0.6 is 11.6 Å².